The van der Waals surface area contributed by atoms with E-state index in [1.54, 1.807) is 13.2 Å². The number of fused-ring (bicyclic) bond motifs is 1. The van der Waals surface area contributed by atoms with Gasteiger partial charge in [0.15, 0.2) is 0 Å². The van der Waals surface area contributed by atoms with Crippen molar-refractivity contribution in [2.45, 2.75) is 32.6 Å². The first-order valence-electron chi connectivity index (χ1n) is 8.04. The van der Waals surface area contributed by atoms with Crippen LogP contribution in [0.3, 0.4) is 0 Å². The van der Waals surface area contributed by atoms with Crippen molar-refractivity contribution in [3.8, 4) is 5.75 Å². The van der Waals surface area contributed by atoms with Gasteiger partial charge in [-0.15, -0.1) is 0 Å². The molecule has 0 aliphatic heterocycles. The number of carbonyl (C=O) groups is 1. The average molecular weight is 339 g/mol. The minimum absolute atomic E-state index is 0.0490. The van der Waals surface area contributed by atoms with Gasteiger partial charge in [-0.25, -0.2) is 14.3 Å². The lowest BCUT2D eigenvalue weighted by molar-refractivity contribution is 0.0690. The second kappa shape index (κ2) is 6.20. The summed E-state index contributed by atoms with van der Waals surface area (Å²) in [5.41, 5.74) is 3.57. The van der Waals surface area contributed by atoms with Crippen molar-refractivity contribution in [1.82, 2.24) is 14.6 Å². The summed E-state index contributed by atoms with van der Waals surface area (Å²) in [6, 6.07) is 8.92. The molecule has 25 heavy (non-hydrogen) atoms. The molecule has 0 saturated carbocycles. The molecule has 6 nitrogen and oxygen atoms in total. The lowest BCUT2D eigenvalue weighted by Gasteiger charge is -2.17. The van der Waals surface area contributed by atoms with Gasteiger partial charge in [0, 0.05) is 23.1 Å². The molecule has 130 valence electrons. The van der Waals surface area contributed by atoms with Gasteiger partial charge < -0.3 is 9.84 Å². The third-order valence-corrected chi connectivity index (χ3v) is 4.03. The maximum Gasteiger partial charge on any atom is 0.354 e. The Bertz CT molecular complexity index is 939. The number of hydrogen-bond donors (Lipinski definition) is 1. The molecule has 0 radical (unpaired) electrons. The molecular formula is C19H21N3O3. The second-order valence-electron chi connectivity index (χ2n) is 6.97. The van der Waals surface area contributed by atoms with Gasteiger partial charge in [0.2, 0.25) is 0 Å². The lowest BCUT2D eigenvalue weighted by Crippen LogP contribution is -2.15. The molecule has 0 aliphatic rings. The lowest BCUT2D eigenvalue weighted by atomic mass is 9.87. The molecule has 3 heterocycles. The molecule has 1 N–H and O–H groups in total. The van der Waals surface area contributed by atoms with Crippen molar-refractivity contribution >= 4 is 11.5 Å². The normalized spacial score (nSPS) is 11.7. The minimum atomic E-state index is -1.03. The molecule has 0 saturated heterocycles. The highest BCUT2D eigenvalue weighted by molar-refractivity contribution is 5.85. The number of carboxylic acids is 1. The van der Waals surface area contributed by atoms with Gasteiger partial charge in [-0.1, -0.05) is 26.8 Å². The predicted molar refractivity (Wildman–Crippen MR) is 94.4 cm³/mol. The average Bonchev–Trinajstić information content (AvgIpc) is 2.93. The van der Waals surface area contributed by atoms with E-state index in [9.17, 15) is 4.79 Å². The number of pyridine rings is 2. The van der Waals surface area contributed by atoms with Crippen molar-refractivity contribution in [1.29, 1.82) is 0 Å². The first-order chi connectivity index (χ1) is 11.8. The minimum Gasteiger partial charge on any atom is -0.495 e. The van der Waals surface area contributed by atoms with Crippen LogP contribution in [-0.4, -0.2) is 32.8 Å². The summed E-state index contributed by atoms with van der Waals surface area (Å²) in [6.45, 7) is 6.32. The summed E-state index contributed by atoms with van der Waals surface area (Å²) in [5, 5.41) is 13.9. The number of methoxy groups -OCH3 is 1. The highest BCUT2D eigenvalue weighted by Gasteiger charge is 2.24. The Kier molecular flexibility index (Phi) is 4.20. The van der Waals surface area contributed by atoms with E-state index in [1.807, 2.05) is 28.9 Å². The van der Waals surface area contributed by atoms with Gasteiger partial charge in [0.05, 0.1) is 24.5 Å². The standard InChI is InChI=1S/C19H21N3O3/c1-19(2,3)17-14(10-12-6-5-7-15(20-12)18(23)24)16-9-8-13(25-4)11-22(16)21-17/h5-9,11H,10H2,1-4H3,(H,23,24). The molecule has 0 amide bonds. The molecule has 0 bridgehead atoms. The Morgan fingerprint density at radius 2 is 2.00 bits per heavy atom. The number of rotatable bonds is 4. The Hall–Kier alpha value is -2.89. The van der Waals surface area contributed by atoms with Gasteiger partial charge in [-0.05, 0) is 24.3 Å². The Morgan fingerprint density at radius 3 is 2.64 bits per heavy atom. The SMILES string of the molecule is COc1ccc2c(Cc3cccc(C(=O)O)n3)c(C(C)(C)C)nn2c1. The van der Waals surface area contributed by atoms with Gasteiger partial charge in [0.1, 0.15) is 11.4 Å². The fourth-order valence-corrected chi connectivity index (χ4v) is 2.86. The third kappa shape index (κ3) is 3.33. The molecule has 0 fully saturated rings. The van der Waals surface area contributed by atoms with Crippen LogP contribution < -0.4 is 4.74 Å². The summed E-state index contributed by atoms with van der Waals surface area (Å²) in [4.78, 5) is 15.4. The van der Waals surface area contributed by atoms with Crippen LogP contribution in [0, 0.1) is 0 Å². The smallest absolute Gasteiger partial charge is 0.354 e. The van der Waals surface area contributed by atoms with Crippen molar-refractivity contribution in [3.63, 3.8) is 0 Å². The van der Waals surface area contributed by atoms with E-state index >= 15 is 0 Å². The Balaban J connectivity index is 2.13. The molecule has 0 atom stereocenters. The maximum atomic E-state index is 11.2. The zero-order valence-electron chi connectivity index (χ0n) is 14.8. The second-order valence-corrected chi connectivity index (χ2v) is 6.97. The fraction of sp³-hybridized carbons (Fsp3) is 0.316. The fourth-order valence-electron chi connectivity index (χ4n) is 2.86. The van der Waals surface area contributed by atoms with E-state index < -0.39 is 5.97 Å². The van der Waals surface area contributed by atoms with Crippen LogP contribution in [-0.2, 0) is 11.8 Å². The first-order valence-corrected chi connectivity index (χ1v) is 8.04. The Labute approximate surface area is 146 Å². The topological polar surface area (TPSA) is 76.7 Å². The zero-order chi connectivity index (χ0) is 18.2. The van der Waals surface area contributed by atoms with Crippen LogP contribution in [0.15, 0.2) is 36.5 Å². The van der Waals surface area contributed by atoms with Crippen LogP contribution in [0.5, 0.6) is 5.75 Å². The number of nitrogens with zero attached hydrogens (tertiary/aromatic N) is 3. The molecule has 3 aromatic rings. The number of ether oxygens (including phenoxy) is 1. The summed E-state index contributed by atoms with van der Waals surface area (Å²) in [6.07, 6.45) is 2.36. The quantitative estimate of drug-likeness (QED) is 0.789. The van der Waals surface area contributed by atoms with Crippen molar-refractivity contribution in [3.05, 3.63) is 59.2 Å². The summed E-state index contributed by atoms with van der Waals surface area (Å²) in [7, 11) is 1.62. The number of carboxylic acid groups (broad SMARTS) is 1. The largest absolute Gasteiger partial charge is 0.495 e. The van der Waals surface area contributed by atoms with E-state index in [-0.39, 0.29) is 11.1 Å². The molecule has 0 aliphatic carbocycles. The number of aromatic nitrogens is 3. The van der Waals surface area contributed by atoms with Gasteiger partial charge in [0.25, 0.3) is 0 Å². The molecule has 3 aromatic heterocycles. The van der Waals surface area contributed by atoms with E-state index in [0.717, 1.165) is 22.5 Å². The first kappa shape index (κ1) is 17.0. The third-order valence-electron chi connectivity index (χ3n) is 4.03. The van der Waals surface area contributed by atoms with Crippen LogP contribution in [0.1, 0.15) is 48.2 Å². The van der Waals surface area contributed by atoms with Gasteiger partial charge in [-0.3, -0.25) is 0 Å². The number of hydrogen-bond acceptors (Lipinski definition) is 4. The van der Waals surface area contributed by atoms with Gasteiger partial charge in [-0.2, -0.15) is 5.10 Å². The van der Waals surface area contributed by atoms with Crippen molar-refractivity contribution < 1.29 is 14.6 Å². The molecule has 3 rings (SSSR count). The molecule has 0 spiro atoms. The summed E-state index contributed by atoms with van der Waals surface area (Å²) < 4.78 is 7.09. The Morgan fingerprint density at radius 1 is 1.24 bits per heavy atom. The van der Waals surface area contributed by atoms with E-state index in [2.05, 4.69) is 25.8 Å². The van der Waals surface area contributed by atoms with Gasteiger partial charge >= 0.3 is 5.97 Å². The summed E-state index contributed by atoms with van der Waals surface area (Å²) >= 11 is 0. The molecule has 0 unspecified atom stereocenters. The number of aromatic carboxylic acids is 1. The molecular weight excluding hydrogens is 318 g/mol. The molecule has 6 heteroatoms. The highest BCUT2D eigenvalue weighted by atomic mass is 16.5. The van der Waals surface area contributed by atoms with Crippen LogP contribution in [0.2, 0.25) is 0 Å². The predicted octanol–water partition coefficient (Wildman–Crippen LogP) is 3.32. The molecule has 0 aromatic carbocycles. The van der Waals surface area contributed by atoms with Crippen LogP contribution in [0.4, 0.5) is 0 Å². The highest BCUT2D eigenvalue weighted by Crippen LogP contribution is 2.30. The van der Waals surface area contributed by atoms with E-state index in [0.29, 0.717) is 12.1 Å². The summed E-state index contributed by atoms with van der Waals surface area (Å²) in [5.74, 6) is -0.296. The van der Waals surface area contributed by atoms with Crippen molar-refractivity contribution in [2.24, 2.45) is 0 Å². The van der Waals surface area contributed by atoms with E-state index in [1.165, 1.54) is 6.07 Å². The van der Waals surface area contributed by atoms with Crippen LogP contribution in [0.25, 0.3) is 5.52 Å². The van der Waals surface area contributed by atoms with Crippen LogP contribution >= 0.6 is 0 Å². The zero-order valence-corrected chi connectivity index (χ0v) is 14.8. The van der Waals surface area contributed by atoms with E-state index in [4.69, 9.17) is 14.9 Å². The monoisotopic (exact) mass is 339 g/mol. The maximum absolute atomic E-state index is 11.2. The van der Waals surface area contributed by atoms with Crippen molar-refractivity contribution in [2.75, 3.05) is 7.11 Å².